The molecule has 1 unspecified atom stereocenters. The summed E-state index contributed by atoms with van der Waals surface area (Å²) in [4.78, 5) is 12.6. The number of carbonyl (C=O) groups is 1. The van der Waals surface area contributed by atoms with E-state index < -0.39 is 0 Å². The van der Waals surface area contributed by atoms with Gasteiger partial charge in [-0.25, -0.2) is 0 Å². The lowest BCUT2D eigenvalue weighted by Gasteiger charge is -2.43. The second-order valence-electron chi connectivity index (χ2n) is 6.55. The Bertz CT molecular complexity index is 483. The second kappa shape index (κ2) is 6.50. The van der Waals surface area contributed by atoms with E-state index in [-0.39, 0.29) is 11.5 Å². The van der Waals surface area contributed by atoms with Gasteiger partial charge in [0.05, 0.1) is 5.60 Å². The van der Waals surface area contributed by atoms with Crippen LogP contribution >= 0.6 is 11.6 Å². The molecule has 3 rings (SSSR count). The lowest BCUT2D eigenvalue weighted by molar-refractivity contribution is -0.142. The summed E-state index contributed by atoms with van der Waals surface area (Å²) in [5.41, 5.74) is 1.07. The normalized spacial score (nSPS) is 24.9. The second-order valence-corrected chi connectivity index (χ2v) is 6.99. The van der Waals surface area contributed by atoms with E-state index in [1.165, 1.54) is 19.3 Å². The van der Waals surface area contributed by atoms with Crippen LogP contribution in [0.15, 0.2) is 24.3 Å². The zero-order valence-electron chi connectivity index (χ0n) is 12.4. The Morgan fingerprint density at radius 2 is 1.90 bits per heavy atom. The fourth-order valence-electron chi connectivity index (χ4n) is 3.79. The van der Waals surface area contributed by atoms with Crippen molar-refractivity contribution in [3.05, 3.63) is 34.9 Å². The fraction of sp³-hybridized carbons (Fsp3) is 0.611. The lowest BCUT2D eigenvalue weighted by atomic mass is 9.74. The molecule has 1 aromatic rings. The van der Waals surface area contributed by atoms with Crippen LogP contribution in [0.3, 0.4) is 0 Å². The zero-order valence-corrected chi connectivity index (χ0v) is 13.2. The van der Waals surface area contributed by atoms with Gasteiger partial charge in [0.25, 0.3) is 0 Å². The average molecular weight is 307 g/mol. The summed E-state index contributed by atoms with van der Waals surface area (Å²) in [6, 6.07) is 7.62. The van der Waals surface area contributed by atoms with Crippen LogP contribution in [-0.2, 0) is 16.0 Å². The summed E-state index contributed by atoms with van der Waals surface area (Å²) in [6.45, 7) is 0.747. The molecular formula is C18H23ClO2. The minimum atomic E-state index is 0.0107. The molecule has 1 aromatic carbocycles. The number of halogens is 1. The maximum absolute atomic E-state index is 12.6. The van der Waals surface area contributed by atoms with E-state index in [1.807, 2.05) is 24.3 Å². The highest BCUT2D eigenvalue weighted by molar-refractivity contribution is 6.30. The molecule has 2 nitrogen and oxygen atoms in total. The molecule has 2 fully saturated rings. The first-order valence-electron chi connectivity index (χ1n) is 8.08. The summed E-state index contributed by atoms with van der Waals surface area (Å²) in [7, 11) is 0. The standard InChI is InChI=1S/C18H23ClO2/c19-16-6-4-14(5-7-16)12-17(20)15-8-11-21-18(13-15)9-2-1-3-10-18/h4-7,15H,1-3,8-13H2. The van der Waals surface area contributed by atoms with Crippen LogP contribution in [0.4, 0.5) is 0 Å². The number of carbonyl (C=O) groups excluding carboxylic acids is 1. The molecule has 1 atom stereocenters. The molecule has 0 N–H and O–H groups in total. The van der Waals surface area contributed by atoms with Gasteiger partial charge in [-0.3, -0.25) is 4.79 Å². The van der Waals surface area contributed by atoms with Crippen LogP contribution in [0.1, 0.15) is 50.5 Å². The van der Waals surface area contributed by atoms with E-state index in [1.54, 1.807) is 0 Å². The van der Waals surface area contributed by atoms with Crippen molar-refractivity contribution in [2.24, 2.45) is 5.92 Å². The first-order valence-corrected chi connectivity index (χ1v) is 8.46. The number of Topliss-reactive ketones (excluding diaryl/α,β-unsaturated/α-hetero) is 1. The van der Waals surface area contributed by atoms with Crippen LogP contribution in [0.25, 0.3) is 0 Å². The molecule has 1 aliphatic heterocycles. The molecule has 0 aromatic heterocycles. The fourth-order valence-corrected chi connectivity index (χ4v) is 3.92. The van der Waals surface area contributed by atoms with Crippen molar-refractivity contribution < 1.29 is 9.53 Å². The Hall–Kier alpha value is -0.860. The van der Waals surface area contributed by atoms with E-state index >= 15 is 0 Å². The van der Waals surface area contributed by atoms with Gasteiger partial charge in [0.1, 0.15) is 5.78 Å². The Morgan fingerprint density at radius 3 is 2.62 bits per heavy atom. The molecule has 1 saturated carbocycles. The van der Waals surface area contributed by atoms with Crippen LogP contribution in [0.2, 0.25) is 5.02 Å². The van der Waals surface area contributed by atoms with E-state index in [0.29, 0.717) is 12.2 Å². The van der Waals surface area contributed by atoms with Crippen LogP contribution in [0, 0.1) is 5.92 Å². The number of ketones is 1. The Labute approximate surface area is 131 Å². The van der Waals surface area contributed by atoms with E-state index in [9.17, 15) is 4.79 Å². The molecule has 1 heterocycles. The van der Waals surface area contributed by atoms with E-state index in [2.05, 4.69) is 0 Å². The number of hydrogen-bond donors (Lipinski definition) is 0. The van der Waals surface area contributed by atoms with Crippen molar-refractivity contribution in [1.82, 2.24) is 0 Å². The minimum absolute atomic E-state index is 0.0107. The van der Waals surface area contributed by atoms with Gasteiger partial charge in [0.15, 0.2) is 0 Å². The molecule has 3 heteroatoms. The molecule has 0 bridgehead atoms. The largest absolute Gasteiger partial charge is 0.375 e. The molecule has 0 radical (unpaired) electrons. The van der Waals surface area contributed by atoms with Gasteiger partial charge >= 0.3 is 0 Å². The summed E-state index contributed by atoms with van der Waals surface area (Å²) in [6.07, 6.45) is 8.42. The van der Waals surface area contributed by atoms with Crippen molar-refractivity contribution in [2.45, 2.75) is 57.0 Å². The predicted molar refractivity (Wildman–Crippen MR) is 84.7 cm³/mol. The Balaban J connectivity index is 1.62. The van der Waals surface area contributed by atoms with Gasteiger partial charge in [0.2, 0.25) is 0 Å². The number of rotatable bonds is 3. The maximum atomic E-state index is 12.6. The lowest BCUT2D eigenvalue weighted by Crippen LogP contribution is -2.43. The Kier molecular flexibility index (Phi) is 4.66. The number of ether oxygens (including phenoxy) is 1. The molecule has 1 aliphatic carbocycles. The van der Waals surface area contributed by atoms with Crippen molar-refractivity contribution in [3.63, 3.8) is 0 Å². The molecule has 2 aliphatic rings. The highest BCUT2D eigenvalue weighted by Gasteiger charge is 2.40. The highest BCUT2D eigenvalue weighted by atomic mass is 35.5. The topological polar surface area (TPSA) is 26.3 Å². The van der Waals surface area contributed by atoms with E-state index in [0.717, 1.165) is 42.9 Å². The molecule has 1 spiro atoms. The smallest absolute Gasteiger partial charge is 0.140 e. The van der Waals surface area contributed by atoms with E-state index in [4.69, 9.17) is 16.3 Å². The SMILES string of the molecule is O=C(Cc1ccc(Cl)cc1)C1CCOC2(CCCCC2)C1. The first kappa shape index (κ1) is 15.1. The molecule has 1 saturated heterocycles. The van der Waals surface area contributed by atoms with Gasteiger partial charge < -0.3 is 4.74 Å². The predicted octanol–water partition coefficient (Wildman–Crippen LogP) is 4.58. The molecular weight excluding hydrogens is 284 g/mol. The van der Waals surface area contributed by atoms with Crippen LogP contribution in [-0.4, -0.2) is 18.0 Å². The monoisotopic (exact) mass is 306 g/mol. The molecule has 114 valence electrons. The van der Waals surface area contributed by atoms with Crippen molar-refractivity contribution in [2.75, 3.05) is 6.61 Å². The van der Waals surface area contributed by atoms with Crippen LogP contribution in [0.5, 0.6) is 0 Å². The van der Waals surface area contributed by atoms with Gasteiger partial charge in [-0.15, -0.1) is 0 Å². The third kappa shape index (κ3) is 3.67. The number of hydrogen-bond acceptors (Lipinski definition) is 2. The summed E-state index contributed by atoms with van der Waals surface area (Å²) < 4.78 is 6.08. The number of benzene rings is 1. The molecule has 21 heavy (non-hydrogen) atoms. The van der Waals surface area contributed by atoms with Crippen LogP contribution < -0.4 is 0 Å². The highest BCUT2D eigenvalue weighted by Crippen LogP contribution is 2.41. The summed E-state index contributed by atoms with van der Waals surface area (Å²) >= 11 is 5.89. The van der Waals surface area contributed by atoms with Crippen molar-refractivity contribution >= 4 is 17.4 Å². The summed E-state index contributed by atoms with van der Waals surface area (Å²) in [5.74, 6) is 0.540. The van der Waals surface area contributed by atoms with Gasteiger partial charge in [-0.1, -0.05) is 43.0 Å². The van der Waals surface area contributed by atoms with Crippen molar-refractivity contribution in [1.29, 1.82) is 0 Å². The first-order chi connectivity index (χ1) is 10.2. The molecule has 0 amide bonds. The Morgan fingerprint density at radius 1 is 1.19 bits per heavy atom. The quantitative estimate of drug-likeness (QED) is 0.817. The van der Waals surface area contributed by atoms with Crippen molar-refractivity contribution in [3.8, 4) is 0 Å². The summed E-state index contributed by atoms with van der Waals surface area (Å²) in [5, 5.41) is 0.721. The zero-order chi connectivity index (χ0) is 14.7. The van der Waals surface area contributed by atoms with Gasteiger partial charge in [-0.2, -0.15) is 0 Å². The average Bonchev–Trinajstić information content (AvgIpc) is 2.50. The maximum Gasteiger partial charge on any atom is 0.140 e. The minimum Gasteiger partial charge on any atom is -0.375 e. The third-order valence-corrected chi connectivity index (χ3v) is 5.26. The van der Waals surface area contributed by atoms with Gasteiger partial charge in [-0.05, 0) is 43.4 Å². The van der Waals surface area contributed by atoms with Gasteiger partial charge in [0, 0.05) is 24.0 Å². The third-order valence-electron chi connectivity index (χ3n) is 5.00.